The average Bonchev–Trinajstić information content (AvgIpc) is 3.21. The first-order valence-corrected chi connectivity index (χ1v) is 15.5. The van der Waals surface area contributed by atoms with E-state index < -0.39 is 59.3 Å². The molecule has 5 N–H and O–H groups in total. The van der Waals surface area contributed by atoms with Crippen LogP contribution in [0.4, 0.5) is 0 Å². The molecule has 1 aliphatic heterocycles. The van der Waals surface area contributed by atoms with E-state index in [0.717, 1.165) is 10.8 Å². The smallest absolute Gasteiger partial charge is 0.372 e. The minimum atomic E-state index is -5.41. The van der Waals surface area contributed by atoms with Crippen LogP contribution < -0.4 is 16.6 Å². The van der Waals surface area contributed by atoms with Crippen molar-refractivity contribution in [3.05, 3.63) is 32.6 Å². The predicted molar refractivity (Wildman–Crippen MR) is 124 cm³/mol. The van der Waals surface area contributed by atoms with Crippen LogP contribution in [-0.2, 0) is 41.1 Å². The maximum Gasteiger partial charge on any atom is 0.488 e. The molecule has 5 atom stereocenters. The van der Waals surface area contributed by atoms with E-state index in [4.69, 9.17) is 14.4 Å². The summed E-state index contributed by atoms with van der Waals surface area (Å²) >= 11 is 0. The molecular weight excluding hydrogens is 563 g/mol. The van der Waals surface area contributed by atoms with Crippen LogP contribution >= 0.6 is 23.2 Å². The van der Waals surface area contributed by atoms with Crippen molar-refractivity contribution in [1.82, 2.24) is 14.9 Å². The Morgan fingerprint density at radius 1 is 1.22 bits per heavy atom. The second kappa shape index (κ2) is 13.2. The molecule has 208 valence electrons. The fourth-order valence-electron chi connectivity index (χ4n) is 2.87. The molecule has 0 spiro atoms. The molecule has 0 aromatic carbocycles. The largest absolute Gasteiger partial charge is 0.488 e. The number of carbonyl (C=O) groups is 1. The molecule has 1 amide bonds. The molecule has 1 aromatic heterocycles. The summed E-state index contributed by atoms with van der Waals surface area (Å²) in [6.07, 6.45) is -0.228. The zero-order chi connectivity index (χ0) is 27.9. The molecule has 0 bridgehead atoms. The number of carbonyl (C=O) groups excluding carboxylic acids is 1. The van der Waals surface area contributed by atoms with Crippen LogP contribution in [0.2, 0.25) is 0 Å². The second-order valence-electron chi connectivity index (χ2n) is 7.41. The van der Waals surface area contributed by atoms with Crippen molar-refractivity contribution in [3.8, 4) is 11.8 Å². The van der Waals surface area contributed by atoms with Crippen LogP contribution in [0.1, 0.15) is 31.6 Å². The molecular formula is C17H26N3O14P3. The molecule has 20 heteroatoms. The Morgan fingerprint density at radius 3 is 2.57 bits per heavy atom. The van der Waals surface area contributed by atoms with E-state index in [2.05, 4.69) is 35.3 Å². The maximum atomic E-state index is 12.3. The SMILES string of the molecule is CCOCC(=O)NCC#Cc1cn([C@H]2CC[C@@H](COP(=O)(O)OP(=O)(O)OP(C)(=O)O)O2)c(=O)[nH]c1=O. The Balaban J connectivity index is 1.99. The van der Waals surface area contributed by atoms with Crippen LogP contribution in [0.5, 0.6) is 0 Å². The highest BCUT2D eigenvalue weighted by atomic mass is 31.3. The summed E-state index contributed by atoms with van der Waals surface area (Å²) in [5.41, 5.74) is -1.67. The first kappa shape index (κ1) is 31.3. The highest BCUT2D eigenvalue weighted by molar-refractivity contribution is 7.68. The lowest BCUT2D eigenvalue weighted by Gasteiger charge is -2.19. The van der Waals surface area contributed by atoms with E-state index in [1.54, 1.807) is 6.92 Å². The monoisotopic (exact) mass is 589 g/mol. The van der Waals surface area contributed by atoms with Gasteiger partial charge in [-0.05, 0) is 19.8 Å². The molecule has 2 rings (SSSR count). The van der Waals surface area contributed by atoms with Crippen LogP contribution in [0, 0.1) is 11.8 Å². The first-order chi connectivity index (χ1) is 17.1. The lowest BCUT2D eigenvalue weighted by molar-refractivity contribution is -0.125. The van der Waals surface area contributed by atoms with Gasteiger partial charge < -0.3 is 29.5 Å². The van der Waals surface area contributed by atoms with Gasteiger partial charge in [0.25, 0.3) is 5.56 Å². The Bertz CT molecular complexity index is 1290. The zero-order valence-electron chi connectivity index (χ0n) is 19.6. The van der Waals surface area contributed by atoms with Crippen molar-refractivity contribution < 1.29 is 55.8 Å². The van der Waals surface area contributed by atoms with Crippen molar-refractivity contribution in [2.45, 2.75) is 32.1 Å². The van der Waals surface area contributed by atoms with Crippen LogP contribution in [0.15, 0.2) is 15.8 Å². The van der Waals surface area contributed by atoms with Gasteiger partial charge in [-0.2, -0.15) is 4.31 Å². The van der Waals surface area contributed by atoms with Gasteiger partial charge in [0.1, 0.15) is 18.4 Å². The molecule has 1 aromatic rings. The number of hydrogen-bond donors (Lipinski definition) is 5. The molecule has 3 unspecified atom stereocenters. The number of phosphoric acid groups is 2. The third-order valence-electron chi connectivity index (χ3n) is 4.28. The Morgan fingerprint density at radius 2 is 1.92 bits per heavy atom. The molecule has 0 aliphatic carbocycles. The number of hydrogen-bond acceptors (Lipinski definition) is 11. The molecule has 0 radical (unpaired) electrons. The van der Waals surface area contributed by atoms with E-state index in [-0.39, 0.29) is 31.6 Å². The van der Waals surface area contributed by atoms with Crippen molar-refractivity contribution in [2.24, 2.45) is 0 Å². The van der Waals surface area contributed by atoms with Crippen LogP contribution in [-0.4, -0.2) is 69.3 Å². The second-order valence-corrected chi connectivity index (χ2v) is 12.5. The summed E-state index contributed by atoms with van der Waals surface area (Å²) < 4.78 is 58.5. The van der Waals surface area contributed by atoms with Gasteiger partial charge in [-0.25, -0.2) is 18.2 Å². The van der Waals surface area contributed by atoms with Gasteiger partial charge in [-0.15, -0.1) is 0 Å². The van der Waals surface area contributed by atoms with Gasteiger partial charge >= 0.3 is 28.9 Å². The van der Waals surface area contributed by atoms with Gasteiger partial charge in [-0.1, -0.05) is 11.8 Å². The van der Waals surface area contributed by atoms with Gasteiger partial charge in [0.05, 0.1) is 19.3 Å². The van der Waals surface area contributed by atoms with Gasteiger partial charge in [-0.3, -0.25) is 28.2 Å². The lowest BCUT2D eigenvalue weighted by Crippen LogP contribution is -2.34. The Hall–Kier alpha value is -1.92. The molecule has 37 heavy (non-hydrogen) atoms. The lowest BCUT2D eigenvalue weighted by atomic mass is 10.2. The average molecular weight is 589 g/mol. The molecule has 1 fully saturated rings. The normalized spacial score (nSPS) is 22.2. The Labute approximate surface area is 209 Å². The highest BCUT2D eigenvalue weighted by Gasteiger charge is 2.40. The molecule has 1 aliphatic rings. The minimum absolute atomic E-state index is 0.0764. The van der Waals surface area contributed by atoms with E-state index >= 15 is 0 Å². The third kappa shape index (κ3) is 11.2. The van der Waals surface area contributed by atoms with Crippen LogP contribution in [0.25, 0.3) is 0 Å². The van der Waals surface area contributed by atoms with E-state index in [0.29, 0.717) is 13.3 Å². The summed E-state index contributed by atoms with van der Waals surface area (Å²) in [6, 6.07) is 0. The number of rotatable bonds is 12. The Kier molecular flexibility index (Phi) is 11.2. The van der Waals surface area contributed by atoms with Gasteiger partial charge in [0.15, 0.2) is 0 Å². The number of phosphoric ester groups is 1. The fourth-order valence-corrected chi connectivity index (χ4v) is 6.37. The van der Waals surface area contributed by atoms with Crippen molar-refractivity contribution in [2.75, 3.05) is 33.0 Å². The number of ether oxygens (including phenoxy) is 2. The summed E-state index contributed by atoms with van der Waals surface area (Å²) in [5.74, 6) is 4.71. The quantitative estimate of drug-likeness (QED) is 0.156. The predicted octanol–water partition coefficient (Wildman–Crippen LogP) is -0.216. The van der Waals surface area contributed by atoms with E-state index in [9.17, 15) is 37.9 Å². The summed E-state index contributed by atoms with van der Waals surface area (Å²) in [5, 5.41) is 2.47. The first-order valence-electron chi connectivity index (χ1n) is 10.5. The zero-order valence-corrected chi connectivity index (χ0v) is 22.3. The van der Waals surface area contributed by atoms with Crippen molar-refractivity contribution >= 4 is 29.1 Å². The highest BCUT2D eigenvalue weighted by Crippen LogP contribution is 2.66. The number of H-pyrrole nitrogens is 1. The molecule has 17 nitrogen and oxygen atoms in total. The van der Waals surface area contributed by atoms with Crippen LogP contribution in [0.3, 0.4) is 0 Å². The van der Waals surface area contributed by atoms with Crippen molar-refractivity contribution in [1.29, 1.82) is 0 Å². The van der Waals surface area contributed by atoms with Gasteiger partial charge in [0.2, 0.25) is 5.91 Å². The standard InChI is InChI=1S/C17H26N3O14P3/c1-3-30-11-14(21)18-8-4-5-12-9-20(17(23)19-16(12)22)15-7-6-13(32-15)10-31-36(26,27)34-37(28,29)33-35(2,24)25/h9,13,15H,3,6-8,10-11H2,1-2H3,(H,18,21)(H,24,25)(H,26,27)(H,28,29)(H,19,22,23)/t13-,15+/m0/s1. The number of aromatic nitrogens is 2. The van der Waals surface area contributed by atoms with E-state index in [1.807, 2.05) is 0 Å². The summed E-state index contributed by atoms with van der Waals surface area (Å²) in [4.78, 5) is 65.8. The number of amides is 1. The summed E-state index contributed by atoms with van der Waals surface area (Å²) in [7, 11) is -15.2. The molecule has 0 saturated carbocycles. The van der Waals surface area contributed by atoms with Gasteiger partial charge in [0, 0.05) is 19.5 Å². The van der Waals surface area contributed by atoms with Crippen molar-refractivity contribution in [3.63, 3.8) is 0 Å². The van der Waals surface area contributed by atoms with E-state index in [1.165, 1.54) is 0 Å². The summed E-state index contributed by atoms with van der Waals surface area (Å²) in [6.45, 7) is 1.82. The fraction of sp³-hybridized carbons (Fsp3) is 0.588. The third-order valence-corrected chi connectivity index (χ3v) is 8.45. The number of nitrogens with one attached hydrogen (secondary N) is 2. The topological polar surface area (TPSA) is 242 Å². The maximum absolute atomic E-state index is 12.3. The molecule has 2 heterocycles. The number of aromatic amines is 1. The number of nitrogens with zero attached hydrogens (tertiary/aromatic N) is 1. The minimum Gasteiger partial charge on any atom is -0.372 e. The molecule has 1 saturated heterocycles.